The van der Waals surface area contributed by atoms with Crippen molar-refractivity contribution >= 4 is 27.7 Å². The summed E-state index contributed by atoms with van der Waals surface area (Å²) in [5.41, 5.74) is 2.45. The highest BCUT2D eigenvalue weighted by atomic mass is 32.2. The summed E-state index contributed by atoms with van der Waals surface area (Å²) in [5, 5.41) is 2.60. The van der Waals surface area contributed by atoms with Crippen LogP contribution in [0.4, 0.5) is 10.5 Å². The Morgan fingerprint density at radius 3 is 2.15 bits per heavy atom. The van der Waals surface area contributed by atoms with Gasteiger partial charge in [-0.05, 0) is 61.4 Å². The predicted octanol–water partition coefficient (Wildman–Crippen LogP) is 2.37. The lowest BCUT2D eigenvalue weighted by Crippen LogP contribution is -2.30. The molecule has 0 aliphatic heterocycles. The average Bonchev–Trinajstić information content (AvgIpc) is 2.59. The van der Waals surface area contributed by atoms with Gasteiger partial charge in [0.25, 0.3) is 15.9 Å². The lowest BCUT2D eigenvalue weighted by molar-refractivity contribution is -0.118. The highest BCUT2D eigenvalue weighted by molar-refractivity contribution is 7.90. The maximum absolute atomic E-state index is 12.0. The second kappa shape index (κ2) is 8.54. The first-order valence-corrected chi connectivity index (χ1v) is 9.40. The Bertz CT molecular complexity index is 919. The van der Waals surface area contributed by atoms with E-state index in [1.165, 1.54) is 24.3 Å². The van der Waals surface area contributed by atoms with Crippen molar-refractivity contribution in [1.82, 2.24) is 4.72 Å². The quantitative estimate of drug-likeness (QED) is 0.781. The number of hydrogen-bond acceptors (Lipinski definition) is 6. The first kappa shape index (κ1) is 20.2. The molecular weight excluding hydrogens is 372 g/mol. The van der Waals surface area contributed by atoms with Crippen LogP contribution in [0.1, 0.15) is 11.1 Å². The van der Waals surface area contributed by atoms with Gasteiger partial charge in [-0.25, -0.2) is 17.9 Å². The molecule has 0 saturated carbocycles. The molecule has 144 valence electrons. The maximum Gasteiger partial charge on any atom is 0.420 e. The second-order valence-corrected chi connectivity index (χ2v) is 7.46. The van der Waals surface area contributed by atoms with Crippen LogP contribution in [0.5, 0.6) is 5.75 Å². The fourth-order valence-corrected chi connectivity index (χ4v) is 3.20. The number of methoxy groups -OCH3 is 1. The van der Waals surface area contributed by atoms with Gasteiger partial charge in [-0.1, -0.05) is 6.07 Å². The summed E-state index contributed by atoms with van der Waals surface area (Å²) >= 11 is 0. The van der Waals surface area contributed by atoms with Gasteiger partial charge in [-0.2, -0.15) is 0 Å². The highest BCUT2D eigenvalue weighted by Crippen LogP contribution is 2.17. The lowest BCUT2D eigenvalue weighted by atomic mass is 10.1. The standard InChI is InChI=1S/C18H20N2O6S/c1-12-8-13(2)10-15(9-12)26-11-17(21)19-14-4-6-16(7-5-14)27(23,24)20-18(22)25-3/h4-10H,11H2,1-3H3,(H,19,21)(H,20,22). The van der Waals surface area contributed by atoms with Crippen LogP contribution in [0.25, 0.3) is 0 Å². The lowest BCUT2D eigenvalue weighted by Gasteiger charge is -2.10. The van der Waals surface area contributed by atoms with Crippen LogP contribution in [-0.2, 0) is 19.6 Å². The van der Waals surface area contributed by atoms with E-state index in [-0.39, 0.29) is 11.5 Å². The number of carbonyl (C=O) groups is 2. The molecule has 0 aliphatic carbocycles. The Morgan fingerprint density at radius 2 is 1.59 bits per heavy atom. The van der Waals surface area contributed by atoms with Gasteiger partial charge >= 0.3 is 6.09 Å². The molecule has 2 aromatic carbocycles. The van der Waals surface area contributed by atoms with E-state index in [1.807, 2.05) is 32.0 Å². The van der Waals surface area contributed by atoms with Crippen molar-refractivity contribution in [2.24, 2.45) is 0 Å². The molecule has 8 nitrogen and oxygen atoms in total. The summed E-state index contributed by atoms with van der Waals surface area (Å²) in [4.78, 5) is 22.9. The first-order valence-electron chi connectivity index (χ1n) is 7.91. The minimum atomic E-state index is -4.03. The fraction of sp³-hybridized carbons (Fsp3) is 0.222. The molecule has 0 heterocycles. The number of carbonyl (C=O) groups excluding carboxylic acids is 2. The topological polar surface area (TPSA) is 111 Å². The number of hydrogen-bond donors (Lipinski definition) is 2. The van der Waals surface area contributed by atoms with E-state index >= 15 is 0 Å². The largest absolute Gasteiger partial charge is 0.484 e. The molecule has 0 fully saturated rings. The zero-order valence-electron chi connectivity index (χ0n) is 15.1. The Hall–Kier alpha value is -3.07. The summed E-state index contributed by atoms with van der Waals surface area (Å²) in [6.07, 6.45) is -1.09. The van der Waals surface area contributed by atoms with Crippen molar-refractivity contribution in [2.45, 2.75) is 18.7 Å². The van der Waals surface area contributed by atoms with E-state index in [1.54, 1.807) is 4.72 Å². The van der Waals surface area contributed by atoms with Gasteiger partial charge in [0.1, 0.15) is 5.75 Å². The molecule has 0 radical (unpaired) electrons. The number of ether oxygens (including phenoxy) is 2. The van der Waals surface area contributed by atoms with Crippen LogP contribution in [0.2, 0.25) is 0 Å². The van der Waals surface area contributed by atoms with Crippen molar-refractivity contribution in [2.75, 3.05) is 19.0 Å². The number of rotatable bonds is 6. The van der Waals surface area contributed by atoms with Crippen LogP contribution >= 0.6 is 0 Å². The number of sulfonamides is 1. The van der Waals surface area contributed by atoms with E-state index in [9.17, 15) is 18.0 Å². The van der Waals surface area contributed by atoms with Crippen molar-refractivity contribution in [3.8, 4) is 5.75 Å². The fourth-order valence-electron chi connectivity index (χ4n) is 2.29. The van der Waals surface area contributed by atoms with Crippen LogP contribution < -0.4 is 14.8 Å². The van der Waals surface area contributed by atoms with Crippen LogP contribution in [0, 0.1) is 13.8 Å². The zero-order chi connectivity index (χ0) is 20.0. The van der Waals surface area contributed by atoms with Crippen LogP contribution in [0.3, 0.4) is 0 Å². The average molecular weight is 392 g/mol. The minimum Gasteiger partial charge on any atom is -0.484 e. The van der Waals surface area contributed by atoms with Gasteiger partial charge in [0.05, 0.1) is 12.0 Å². The zero-order valence-corrected chi connectivity index (χ0v) is 15.9. The molecule has 2 amide bonds. The number of nitrogens with one attached hydrogen (secondary N) is 2. The molecular formula is C18H20N2O6S. The number of aryl methyl sites for hydroxylation is 2. The normalized spacial score (nSPS) is 10.8. The van der Waals surface area contributed by atoms with E-state index in [4.69, 9.17) is 4.74 Å². The molecule has 0 bridgehead atoms. The summed E-state index contributed by atoms with van der Waals surface area (Å²) < 4.78 is 35.3. The third-order valence-electron chi connectivity index (χ3n) is 3.42. The van der Waals surface area contributed by atoms with Gasteiger partial charge < -0.3 is 14.8 Å². The van der Waals surface area contributed by atoms with Crippen LogP contribution in [0.15, 0.2) is 47.4 Å². The van der Waals surface area contributed by atoms with Gasteiger partial charge in [0.2, 0.25) is 0 Å². The maximum atomic E-state index is 12.0. The Balaban J connectivity index is 1.95. The monoisotopic (exact) mass is 392 g/mol. The summed E-state index contributed by atoms with van der Waals surface area (Å²) in [6.45, 7) is 3.68. The SMILES string of the molecule is COC(=O)NS(=O)(=O)c1ccc(NC(=O)COc2cc(C)cc(C)c2)cc1. The summed E-state index contributed by atoms with van der Waals surface area (Å²) in [7, 11) is -2.97. The molecule has 2 aromatic rings. The second-order valence-electron chi connectivity index (χ2n) is 5.78. The molecule has 0 atom stereocenters. The molecule has 0 spiro atoms. The molecule has 0 aliphatic rings. The number of amides is 2. The minimum absolute atomic E-state index is 0.141. The van der Waals surface area contributed by atoms with E-state index in [0.29, 0.717) is 11.4 Å². The third-order valence-corrected chi connectivity index (χ3v) is 4.74. The van der Waals surface area contributed by atoms with Gasteiger partial charge in [0, 0.05) is 5.69 Å². The summed E-state index contributed by atoms with van der Waals surface area (Å²) in [5.74, 6) is 0.204. The van der Waals surface area contributed by atoms with E-state index in [0.717, 1.165) is 18.2 Å². The predicted molar refractivity (Wildman–Crippen MR) is 99.2 cm³/mol. The summed E-state index contributed by atoms with van der Waals surface area (Å²) in [6, 6.07) is 11.0. The number of anilines is 1. The van der Waals surface area contributed by atoms with Crippen LogP contribution in [-0.4, -0.2) is 34.1 Å². The molecule has 2 N–H and O–H groups in total. The first-order chi connectivity index (χ1) is 12.7. The highest BCUT2D eigenvalue weighted by Gasteiger charge is 2.17. The van der Waals surface area contributed by atoms with Gasteiger partial charge in [0.15, 0.2) is 6.61 Å². The van der Waals surface area contributed by atoms with E-state index < -0.39 is 22.0 Å². The Kier molecular flexibility index (Phi) is 6.40. The third kappa shape index (κ3) is 6.00. The Morgan fingerprint density at radius 1 is 1.00 bits per heavy atom. The molecule has 27 heavy (non-hydrogen) atoms. The van der Waals surface area contributed by atoms with Crippen molar-refractivity contribution in [1.29, 1.82) is 0 Å². The van der Waals surface area contributed by atoms with E-state index in [2.05, 4.69) is 10.1 Å². The smallest absolute Gasteiger partial charge is 0.420 e. The van der Waals surface area contributed by atoms with Gasteiger partial charge in [-0.15, -0.1) is 0 Å². The number of benzene rings is 2. The Labute approximate surface area is 157 Å². The molecule has 0 unspecified atom stereocenters. The van der Waals surface area contributed by atoms with Crippen molar-refractivity contribution < 1.29 is 27.5 Å². The van der Waals surface area contributed by atoms with Crippen molar-refractivity contribution in [3.63, 3.8) is 0 Å². The molecule has 2 rings (SSSR count). The molecule has 9 heteroatoms. The van der Waals surface area contributed by atoms with Crippen molar-refractivity contribution in [3.05, 3.63) is 53.6 Å². The molecule has 0 saturated heterocycles. The molecule has 0 aromatic heterocycles. The van der Waals surface area contributed by atoms with Gasteiger partial charge in [-0.3, -0.25) is 4.79 Å².